The summed E-state index contributed by atoms with van der Waals surface area (Å²) in [5.41, 5.74) is 7.21. The van der Waals surface area contributed by atoms with Gasteiger partial charge < -0.3 is 10.2 Å². The van der Waals surface area contributed by atoms with Crippen molar-refractivity contribution in [1.29, 1.82) is 0 Å². The minimum absolute atomic E-state index is 0.123. The quantitative estimate of drug-likeness (QED) is 0.778. The highest BCUT2D eigenvalue weighted by Gasteiger charge is 2.13. The molecule has 0 aromatic carbocycles. The van der Waals surface area contributed by atoms with Crippen molar-refractivity contribution in [3.05, 3.63) is 23.2 Å². The Bertz CT molecular complexity index is 276. The summed E-state index contributed by atoms with van der Waals surface area (Å²) in [7, 11) is 0. The number of furan rings is 1. The Morgan fingerprint density at radius 3 is 2.38 bits per heavy atom. The van der Waals surface area contributed by atoms with Crippen molar-refractivity contribution in [3.63, 3.8) is 0 Å². The first-order chi connectivity index (χ1) is 6.00. The predicted molar refractivity (Wildman–Crippen MR) is 54.6 cm³/mol. The molecule has 1 atom stereocenters. The monoisotopic (exact) mass is 181 g/mol. The van der Waals surface area contributed by atoms with Crippen molar-refractivity contribution in [2.45, 2.75) is 40.2 Å². The van der Waals surface area contributed by atoms with Gasteiger partial charge in [-0.2, -0.15) is 0 Å². The molecule has 1 aromatic heterocycles. The lowest BCUT2D eigenvalue weighted by Gasteiger charge is -2.12. The topological polar surface area (TPSA) is 39.2 Å². The molecule has 1 aromatic rings. The predicted octanol–water partition coefficient (Wildman–Crippen LogP) is 2.94. The molecule has 0 aliphatic carbocycles. The van der Waals surface area contributed by atoms with E-state index in [9.17, 15) is 0 Å². The summed E-state index contributed by atoms with van der Waals surface area (Å²) in [6, 6.07) is 2.17. The number of rotatable bonds is 3. The average molecular weight is 181 g/mol. The van der Waals surface area contributed by atoms with Crippen LogP contribution in [0, 0.1) is 19.8 Å². The summed E-state index contributed by atoms with van der Waals surface area (Å²) in [5.74, 6) is 2.54. The van der Waals surface area contributed by atoms with Crippen LogP contribution >= 0.6 is 0 Å². The van der Waals surface area contributed by atoms with Gasteiger partial charge in [0, 0.05) is 11.6 Å². The highest BCUT2D eigenvalue weighted by atomic mass is 16.3. The Morgan fingerprint density at radius 1 is 1.38 bits per heavy atom. The smallest absolute Gasteiger partial charge is 0.105 e. The molecule has 0 saturated carbocycles. The summed E-state index contributed by atoms with van der Waals surface area (Å²) >= 11 is 0. The lowest BCUT2D eigenvalue weighted by atomic mass is 9.98. The first-order valence-corrected chi connectivity index (χ1v) is 4.83. The van der Waals surface area contributed by atoms with Crippen molar-refractivity contribution in [2.75, 3.05) is 0 Å². The third-order valence-corrected chi connectivity index (χ3v) is 2.20. The van der Waals surface area contributed by atoms with E-state index >= 15 is 0 Å². The molecular weight excluding hydrogens is 162 g/mol. The van der Waals surface area contributed by atoms with Crippen LogP contribution in [0.15, 0.2) is 10.5 Å². The molecule has 0 aliphatic heterocycles. The van der Waals surface area contributed by atoms with Gasteiger partial charge >= 0.3 is 0 Å². The van der Waals surface area contributed by atoms with Crippen LogP contribution in [0.25, 0.3) is 0 Å². The van der Waals surface area contributed by atoms with Crippen molar-refractivity contribution in [2.24, 2.45) is 11.7 Å². The van der Waals surface area contributed by atoms with Gasteiger partial charge in [-0.15, -0.1) is 0 Å². The van der Waals surface area contributed by atoms with Crippen molar-refractivity contribution in [3.8, 4) is 0 Å². The third-order valence-electron chi connectivity index (χ3n) is 2.20. The molecule has 0 radical (unpaired) electrons. The maximum atomic E-state index is 6.05. The Labute approximate surface area is 80.1 Å². The molecule has 0 fully saturated rings. The highest BCUT2D eigenvalue weighted by Crippen LogP contribution is 2.24. The molecule has 1 unspecified atom stereocenters. The zero-order valence-electron chi connectivity index (χ0n) is 8.92. The fourth-order valence-corrected chi connectivity index (χ4v) is 1.65. The zero-order valence-corrected chi connectivity index (χ0v) is 8.92. The van der Waals surface area contributed by atoms with E-state index in [4.69, 9.17) is 10.2 Å². The Balaban J connectivity index is 2.76. The Morgan fingerprint density at radius 2 is 2.00 bits per heavy atom. The molecule has 1 heterocycles. The largest absolute Gasteiger partial charge is 0.466 e. The fraction of sp³-hybridized carbons (Fsp3) is 0.636. The summed E-state index contributed by atoms with van der Waals surface area (Å²) in [4.78, 5) is 0. The molecule has 0 aliphatic rings. The normalized spacial score (nSPS) is 13.7. The van der Waals surface area contributed by atoms with E-state index in [2.05, 4.69) is 13.8 Å². The van der Waals surface area contributed by atoms with Crippen LogP contribution in [0.5, 0.6) is 0 Å². The van der Waals surface area contributed by atoms with Gasteiger partial charge in [0.2, 0.25) is 0 Å². The minimum Gasteiger partial charge on any atom is -0.466 e. The molecule has 74 valence electrons. The maximum absolute atomic E-state index is 6.05. The Hall–Kier alpha value is -0.760. The summed E-state index contributed by atoms with van der Waals surface area (Å²) < 4.78 is 5.44. The first kappa shape index (κ1) is 10.3. The van der Waals surface area contributed by atoms with Gasteiger partial charge in [0.25, 0.3) is 0 Å². The van der Waals surface area contributed by atoms with Gasteiger partial charge in [-0.3, -0.25) is 0 Å². The van der Waals surface area contributed by atoms with Gasteiger partial charge in [0.1, 0.15) is 11.5 Å². The number of hydrogen-bond donors (Lipinski definition) is 1. The fourth-order valence-electron chi connectivity index (χ4n) is 1.65. The zero-order chi connectivity index (χ0) is 10.0. The SMILES string of the molecule is Cc1cc(C(N)CC(C)C)c(C)o1. The average Bonchev–Trinajstić information content (AvgIpc) is 2.28. The summed E-state index contributed by atoms with van der Waals surface area (Å²) in [5, 5.41) is 0. The van der Waals surface area contributed by atoms with Crippen LogP contribution in [-0.2, 0) is 0 Å². The minimum atomic E-state index is 0.123. The number of hydrogen-bond acceptors (Lipinski definition) is 2. The second kappa shape index (κ2) is 3.97. The van der Waals surface area contributed by atoms with Crippen LogP contribution < -0.4 is 5.73 Å². The maximum Gasteiger partial charge on any atom is 0.105 e. The van der Waals surface area contributed by atoms with E-state index < -0.39 is 0 Å². The van der Waals surface area contributed by atoms with Crippen LogP contribution in [0.3, 0.4) is 0 Å². The number of nitrogens with two attached hydrogens (primary N) is 1. The lowest BCUT2D eigenvalue weighted by Crippen LogP contribution is -2.12. The van der Waals surface area contributed by atoms with Crippen LogP contribution in [0.2, 0.25) is 0 Å². The van der Waals surface area contributed by atoms with Crippen molar-refractivity contribution >= 4 is 0 Å². The number of aryl methyl sites for hydroxylation is 2. The molecule has 0 saturated heterocycles. The molecule has 2 heteroatoms. The van der Waals surface area contributed by atoms with Gasteiger partial charge in [-0.1, -0.05) is 13.8 Å². The lowest BCUT2D eigenvalue weighted by molar-refractivity contribution is 0.478. The van der Waals surface area contributed by atoms with Crippen molar-refractivity contribution < 1.29 is 4.42 Å². The van der Waals surface area contributed by atoms with E-state index in [1.54, 1.807) is 0 Å². The second-order valence-electron chi connectivity index (χ2n) is 4.10. The molecule has 0 amide bonds. The first-order valence-electron chi connectivity index (χ1n) is 4.83. The summed E-state index contributed by atoms with van der Waals surface area (Å²) in [6.07, 6.45) is 1.01. The second-order valence-corrected chi connectivity index (χ2v) is 4.10. The van der Waals surface area contributed by atoms with Gasteiger partial charge in [-0.25, -0.2) is 0 Å². The van der Waals surface area contributed by atoms with Crippen LogP contribution in [0.1, 0.15) is 43.4 Å². The van der Waals surface area contributed by atoms with Gasteiger partial charge in [-0.05, 0) is 32.3 Å². The van der Waals surface area contributed by atoms with Gasteiger partial charge in [0.15, 0.2) is 0 Å². The molecule has 2 nitrogen and oxygen atoms in total. The molecule has 0 spiro atoms. The molecule has 1 rings (SSSR count). The highest BCUT2D eigenvalue weighted by molar-refractivity contribution is 5.23. The van der Waals surface area contributed by atoms with E-state index in [0.29, 0.717) is 5.92 Å². The molecule has 2 N–H and O–H groups in total. The van der Waals surface area contributed by atoms with E-state index in [1.165, 1.54) is 0 Å². The van der Waals surface area contributed by atoms with Crippen LogP contribution in [-0.4, -0.2) is 0 Å². The van der Waals surface area contributed by atoms with Crippen molar-refractivity contribution in [1.82, 2.24) is 0 Å². The molecule has 13 heavy (non-hydrogen) atoms. The standard InChI is InChI=1S/C11H19NO/c1-7(2)5-11(12)10-6-8(3)13-9(10)4/h6-7,11H,5,12H2,1-4H3. The molecular formula is C11H19NO. The Kier molecular flexibility index (Phi) is 3.15. The van der Waals surface area contributed by atoms with Gasteiger partial charge in [0.05, 0.1) is 0 Å². The van der Waals surface area contributed by atoms with E-state index in [0.717, 1.165) is 23.5 Å². The van der Waals surface area contributed by atoms with E-state index in [-0.39, 0.29) is 6.04 Å². The molecule has 0 bridgehead atoms. The van der Waals surface area contributed by atoms with Crippen LogP contribution in [0.4, 0.5) is 0 Å². The summed E-state index contributed by atoms with van der Waals surface area (Å²) in [6.45, 7) is 8.30. The van der Waals surface area contributed by atoms with E-state index in [1.807, 2.05) is 19.9 Å². The third kappa shape index (κ3) is 2.59.